The number of benzene rings is 2. The van der Waals surface area contributed by atoms with E-state index < -0.39 is 10.0 Å². The maximum Gasteiger partial charge on any atom is 0.213 e. The van der Waals surface area contributed by atoms with E-state index in [-0.39, 0.29) is 0 Å². The summed E-state index contributed by atoms with van der Waals surface area (Å²) < 4.78 is 30.7. The summed E-state index contributed by atoms with van der Waals surface area (Å²) in [5.41, 5.74) is 7.75. The second-order valence-electron chi connectivity index (χ2n) is 8.66. The quantitative estimate of drug-likeness (QED) is 0.413. The molecule has 0 radical (unpaired) electrons. The van der Waals surface area contributed by atoms with Crippen LogP contribution in [0.2, 0.25) is 0 Å². The molecule has 8 nitrogen and oxygen atoms in total. The number of fused-ring (bicyclic) bond motifs is 1. The molecule has 35 heavy (non-hydrogen) atoms. The third kappa shape index (κ3) is 4.78. The Bertz CT molecular complexity index is 1500. The van der Waals surface area contributed by atoms with Crippen LogP contribution in [0.15, 0.2) is 60.8 Å². The summed E-state index contributed by atoms with van der Waals surface area (Å²) in [6.45, 7) is 2.93. The Hall–Kier alpha value is -3.69. The van der Waals surface area contributed by atoms with Crippen molar-refractivity contribution < 1.29 is 13.2 Å². The number of anilines is 2. The zero-order chi connectivity index (χ0) is 24.6. The lowest BCUT2D eigenvalue weighted by Crippen LogP contribution is -2.35. The molecular formula is C26H27N5O3S. The molecule has 0 saturated carbocycles. The van der Waals surface area contributed by atoms with Gasteiger partial charge in [0.15, 0.2) is 0 Å². The Balaban J connectivity index is 1.42. The van der Waals surface area contributed by atoms with Gasteiger partial charge in [0.2, 0.25) is 15.9 Å². The molecule has 1 aliphatic heterocycles. The molecule has 0 atom stereocenters. The van der Waals surface area contributed by atoms with Crippen molar-refractivity contribution in [1.82, 2.24) is 19.3 Å². The summed E-state index contributed by atoms with van der Waals surface area (Å²) >= 11 is 0. The number of hydrogen-bond donors (Lipinski definition) is 2. The molecule has 3 heterocycles. The van der Waals surface area contributed by atoms with Gasteiger partial charge >= 0.3 is 0 Å². The molecule has 0 saturated heterocycles. The van der Waals surface area contributed by atoms with Crippen LogP contribution in [-0.4, -0.2) is 47.6 Å². The third-order valence-electron chi connectivity index (χ3n) is 6.26. The van der Waals surface area contributed by atoms with E-state index in [0.717, 1.165) is 50.8 Å². The predicted molar refractivity (Wildman–Crippen MR) is 137 cm³/mol. The molecule has 9 heteroatoms. The number of aromatic nitrogens is 3. The van der Waals surface area contributed by atoms with Gasteiger partial charge in [-0.2, -0.15) is 4.31 Å². The molecule has 2 N–H and O–H groups in total. The molecule has 2 aromatic heterocycles. The molecular weight excluding hydrogens is 462 g/mol. The van der Waals surface area contributed by atoms with Crippen molar-refractivity contribution in [1.29, 1.82) is 0 Å². The summed E-state index contributed by atoms with van der Waals surface area (Å²) in [5.74, 6) is 1.30. The molecule has 4 aromatic rings. The van der Waals surface area contributed by atoms with Gasteiger partial charge < -0.3 is 15.0 Å². The van der Waals surface area contributed by atoms with Crippen LogP contribution in [0.25, 0.3) is 22.8 Å². The Morgan fingerprint density at radius 1 is 1.11 bits per heavy atom. The first-order chi connectivity index (χ1) is 16.8. The van der Waals surface area contributed by atoms with Gasteiger partial charge in [0.25, 0.3) is 0 Å². The van der Waals surface area contributed by atoms with Crippen molar-refractivity contribution in [3.05, 3.63) is 77.5 Å². The normalized spacial score (nSPS) is 13.9. The van der Waals surface area contributed by atoms with Crippen LogP contribution in [-0.2, 0) is 23.0 Å². The zero-order valence-corrected chi connectivity index (χ0v) is 20.7. The lowest BCUT2D eigenvalue weighted by Gasteiger charge is -2.28. The second-order valence-corrected chi connectivity index (χ2v) is 10.6. The molecule has 0 aliphatic carbocycles. The SMILES string of the molecule is COc1cccc(-c2cnc(-c3cc(Nc4cccc5c4CCN(S(C)(=O)=O)C5)ccc3C)[nH]2)n1. The number of ether oxygens (including phenoxy) is 1. The van der Waals surface area contributed by atoms with Gasteiger partial charge in [0, 0.05) is 36.1 Å². The van der Waals surface area contributed by atoms with E-state index in [1.165, 1.54) is 10.6 Å². The fourth-order valence-corrected chi connectivity index (χ4v) is 5.16. The largest absolute Gasteiger partial charge is 0.481 e. The standard InChI is InChI=1S/C26H27N5O3S/c1-17-10-11-19(28-22-7-4-6-18-16-31(35(3,32)33)13-12-20(18)22)14-21(17)26-27-15-24(30-26)23-8-5-9-25(29-23)34-2/h4-11,14-15,28H,12-13,16H2,1-3H3,(H,27,30). The topological polar surface area (TPSA) is 100 Å². The Kier molecular flexibility index (Phi) is 6.04. The summed E-state index contributed by atoms with van der Waals surface area (Å²) in [7, 11) is -1.62. The number of sulfonamides is 1. The number of rotatable bonds is 6. The average molecular weight is 490 g/mol. The molecule has 0 amide bonds. The van der Waals surface area contributed by atoms with Crippen LogP contribution < -0.4 is 10.1 Å². The monoisotopic (exact) mass is 489 g/mol. The molecule has 0 fully saturated rings. The van der Waals surface area contributed by atoms with E-state index in [1.54, 1.807) is 19.4 Å². The summed E-state index contributed by atoms with van der Waals surface area (Å²) in [5, 5.41) is 3.54. The number of imidazole rings is 1. The predicted octanol–water partition coefficient (Wildman–Crippen LogP) is 4.52. The first-order valence-corrected chi connectivity index (χ1v) is 13.2. The van der Waals surface area contributed by atoms with Crippen molar-refractivity contribution in [2.24, 2.45) is 0 Å². The van der Waals surface area contributed by atoms with Gasteiger partial charge in [-0.15, -0.1) is 0 Å². The summed E-state index contributed by atoms with van der Waals surface area (Å²) in [6, 6.07) is 17.8. The van der Waals surface area contributed by atoms with E-state index in [4.69, 9.17) is 4.74 Å². The zero-order valence-electron chi connectivity index (χ0n) is 19.9. The van der Waals surface area contributed by atoms with Crippen molar-refractivity contribution in [3.63, 3.8) is 0 Å². The van der Waals surface area contributed by atoms with E-state index in [0.29, 0.717) is 25.4 Å². The third-order valence-corrected chi connectivity index (χ3v) is 7.51. The maximum absolute atomic E-state index is 12.0. The first kappa shape index (κ1) is 23.1. The van der Waals surface area contributed by atoms with E-state index >= 15 is 0 Å². The fourth-order valence-electron chi connectivity index (χ4n) is 4.36. The average Bonchev–Trinajstić information content (AvgIpc) is 3.35. The van der Waals surface area contributed by atoms with Gasteiger partial charge in [-0.3, -0.25) is 0 Å². The number of nitrogens with one attached hydrogen (secondary N) is 2. The number of aromatic amines is 1. The van der Waals surface area contributed by atoms with Crippen LogP contribution >= 0.6 is 0 Å². The molecule has 180 valence electrons. The maximum atomic E-state index is 12.0. The van der Waals surface area contributed by atoms with Crippen LogP contribution in [0.1, 0.15) is 16.7 Å². The number of aryl methyl sites for hydroxylation is 1. The molecule has 0 spiro atoms. The minimum Gasteiger partial charge on any atom is -0.481 e. The lowest BCUT2D eigenvalue weighted by molar-refractivity contribution is 0.395. The smallest absolute Gasteiger partial charge is 0.213 e. The number of H-pyrrole nitrogens is 1. The van der Waals surface area contributed by atoms with Gasteiger partial charge in [-0.05, 0) is 54.3 Å². The number of hydrogen-bond acceptors (Lipinski definition) is 6. The highest BCUT2D eigenvalue weighted by molar-refractivity contribution is 7.88. The Morgan fingerprint density at radius 3 is 2.74 bits per heavy atom. The number of nitrogens with zero attached hydrogens (tertiary/aromatic N) is 3. The second kappa shape index (κ2) is 9.16. The van der Waals surface area contributed by atoms with Crippen LogP contribution in [0.3, 0.4) is 0 Å². The van der Waals surface area contributed by atoms with Crippen molar-refractivity contribution in [2.45, 2.75) is 19.9 Å². The van der Waals surface area contributed by atoms with Gasteiger partial charge in [-0.25, -0.2) is 18.4 Å². The van der Waals surface area contributed by atoms with E-state index in [2.05, 4.69) is 39.3 Å². The van der Waals surface area contributed by atoms with Crippen LogP contribution in [0.5, 0.6) is 5.88 Å². The molecule has 2 aromatic carbocycles. The molecule has 0 bridgehead atoms. The minimum atomic E-state index is -3.21. The number of pyridine rings is 1. The summed E-state index contributed by atoms with van der Waals surface area (Å²) in [4.78, 5) is 12.5. The molecule has 5 rings (SSSR count). The molecule has 0 unspecified atom stereocenters. The van der Waals surface area contributed by atoms with E-state index in [9.17, 15) is 8.42 Å². The van der Waals surface area contributed by atoms with Gasteiger partial charge in [-0.1, -0.05) is 24.3 Å². The first-order valence-electron chi connectivity index (χ1n) is 11.3. The highest BCUT2D eigenvalue weighted by atomic mass is 32.2. The van der Waals surface area contributed by atoms with Crippen molar-refractivity contribution in [3.8, 4) is 28.7 Å². The van der Waals surface area contributed by atoms with Crippen molar-refractivity contribution >= 4 is 21.4 Å². The van der Waals surface area contributed by atoms with Crippen molar-refractivity contribution in [2.75, 3.05) is 25.2 Å². The Morgan fingerprint density at radius 2 is 1.94 bits per heavy atom. The van der Waals surface area contributed by atoms with Gasteiger partial charge in [0.05, 0.1) is 31.0 Å². The lowest BCUT2D eigenvalue weighted by atomic mass is 9.98. The highest BCUT2D eigenvalue weighted by Crippen LogP contribution is 2.32. The van der Waals surface area contributed by atoms with Crippen LogP contribution in [0, 0.1) is 6.92 Å². The number of methoxy groups -OCH3 is 1. The Labute approximate surface area is 205 Å². The highest BCUT2D eigenvalue weighted by Gasteiger charge is 2.24. The fraction of sp³-hybridized carbons (Fsp3) is 0.231. The van der Waals surface area contributed by atoms with E-state index in [1.807, 2.05) is 36.4 Å². The van der Waals surface area contributed by atoms with Crippen LogP contribution in [0.4, 0.5) is 11.4 Å². The molecule has 1 aliphatic rings. The minimum absolute atomic E-state index is 0.399. The summed E-state index contributed by atoms with van der Waals surface area (Å²) in [6.07, 6.45) is 3.70. The van der Waals surface area contributed by atoms with Gasteiger partial charge in [0.1, 0.15) is 5.82 Å².